The van der Waals surface area contributed by atoms with Crippen molar-refractivity contribution in [3.8, 4) is 0 Å². The predicted octanol–water partition coefficient (Wildman–Crippen LogP) is 1.74. The number of methoxy groups -OCH3 is 2. The highest BCUT2D eigenvalue weighted by Gasteiger charge is 2.39. The second kappa shape index (κ2) is 6.74. The molecule has 1 aromatic rings. The fourth-order valence-electron chi connectivity index (χ4n) is 2.07. The normalized spacial score (nSPS) is 15.4. The third kappa shape index (κ3) is 3.06. The zero-order valence-electron chi connectivity index (χ0n) is 12.5. The highest BCUT2D eigenvalue weighted by atomic mass is 16.5. The maximum absolute atomic E-state index is 12.2. The number of benzene rings is 1. The minimum absolute atomic E-state index is 0.410. The van der Waals surface area contributed by atoms with Crippen LogP contribution in [0.15, 0.2) is 59.3 Å². The van der Waals surface area contributed by atoms with Crippen molar-refractivity contribution in [3.05, 3.63) is 64.8 Å². The van der Waals surface area contributed by atoms with E-state index in [1.807, 2.05) is 6.07 Å². The number of ether oxygens (including phenoxy) is 2. The molecule has 0 fully saturated rings. The van der Waals surface area contributed by atoms with E-state index in [4.69, 9.17) is 9.47 Å². The van der Waals surface area contributed by atoms with Gasteiger partial charge in [-0.25, -0.2) is 0 Å². The summed E-state index contributed by atoms with van der Waals surface area (Å²) in [5.74, 6) is -4.46. The molecule has 6 heteroatoms. The molecule has 2 rings (SSSR count). The Hall–Kier alpha value is -3.15. The SMILES string of the molecule is COC1=C(OC)C(=O)C(C(=O)C=Cc2ccccc2)=C(O)C1=O. The number of allylic oxidation sites excluding steroid dienone is 2. The van der Waals surface area contributed by atoms with Crippen molar-refractivity contribution < 1.29 is 29.0 Å². The summed E-state index contributed by atoms with van der Waals surface area (Å²) < 4.78 is 9.60. The van der Waals surface area contributed by atoms with E-state index in [0.717, 1.165) is 18.7 Å². The van der Waals surface area contributed by atoms with Gasteiger partial charge in [0.25, 0.3) is 5.78 Å². The molecule has 0 spiro atoms. The van der Waals surface area contributed by atoms with Crippen LogP contribution in [0.1, 0.15) is 5.56 Å². The fourth-order valence-corrected chi connectivity index (χ4v) is 2.07. The Morgan fingerprint density at radius 3 is 2.13 bits per heavy atom. The summed E-state index contributed by atoms with van der Waals surface area (Å²) in [6.45, 7) is 0. The van der Waals surface area contributed by atoms with Gasteiger partial charge >= 0.3 is 0 Å². The van der Waals surface area contributed by atoms with Crippen LogP contribution in [-0.2, 0) is 23.9 Å². The Morgan fingerprint density at radius 2 is 1.57 bits per heavy atom. The minimum Gasteiger partial charge on any atom is -0.503 e. The third-order valence-corrected chi connectivity index (χ3v) is 3.18. The molecule has 0 saturated heterocycles. The van der Waals surface area contributed by atoms with Crippen molar-refractivity contribution >= 4 is 23.4 Å². The lowest BCUT2D eigenvalue weighted by Gasteiger charge is -2.17. The van der Waals surface area contributed by atoms with Gasteiger partial charge in [-0.15, -0.1) is 0 Å². The molecule has 0 amide bonds. The predicted molar refractivity (Wildman–Crippen MR) is 81.2 cm³/mol. The van der Waals surface area contributed by atoms with Crippen LogP contribution < -0.4 is 0 Å². The van der Waals surface area contributed by atoms with Gasteiger partial charge in [-0.05, 0) is 11.6 Å². The van der Waals surface area contributed by atoms with Crippen LogP contribution in [-0.4, -0.2) is 36.7 Å². The number of carbonyl (C=O) groups is 3. The number of aliphatic hydroxyl groups is 1. The molecule has 0 aromatic heterocycles. The largest absolute Gasteiger partial charge is 0.503 e. The highest BCUT2D eigenvalue weighted by Crippen LogP contribution is 2.25. The summed E-state index contributed by atoms with van der Waals surface area (Å²) in [6, 6.07) is 8.91. The van der Waals surface area contributed by atoms with Crippen molar-refractivity contribution in [1.82, 2.24) is 0 Å². The number of carbonyl (C=O) groups excluding carboxylic acids is 3. The second-order valence-electron chi connectivity index (χ2n) is 4.56. The van der Waals surface area contributed by atoms with Gasteiger partial charge in [-0.1, -0.05) is 36.4 Å². The van der Waals surface area contributed by atoms with E-state index in [1.54, 1.807) is 24.3 Å². The van der Waals surface area contributed by atoms with Gasteiger partial charge in [0.05, 0.1) is 14.2 Å². The topological polar surface area (TPSA) is 89.9 Å². The van der Waals surface area contributed by atoms with Gasteiger partial charge in [-0.2, -0.15) is 0 Å². The number of rotatable bonds is 5. The first-order chi connectivity index (χ1) is 11.0. The molecule has 1 aromatic carbocycles. The summed E-state index contributed by atoms with van der Waals surface area (Å²) in [7, 11) is 2.33. The molecule has 0 aliphatic heterocycles. The molecule has 118 valence electrons. The molecular weight excluding hydrogens is 300 g/mol. The lowest BCUT2D eigenvalue weighted by Crippen LogP contribution is -2.29. The zero-order valence-corrected chi connectivity index (χ0v) is 12.5. The molecule has 0 atom stereocenters. The first kappa shape index (κ1) is 16.2. The monoisotopic (exact) mass is 314 g/mol. The van der Waals surface area contributed by atoms with Crippen molar-refractivity contribution in [2.75, 3.05) is 14.2 Å². The molecule has 1 aliphatic rings. The van der Waals surface area contributed by atoms with Gasteiger partial charge in [0.15, 0.2) is 11.5 Å². The average Bonchev–Trinajstić information content (AvgIpc) is 2.57. The number of Topliss-reactive ketones (excluding diaryl/α,β-unsaturated/α-hetero) is 2. The molecule has 0 saturated carbocycles. The van der Waals surface area contributed by atoms with Crippen LogP contribution in [0, 0.1) is 0 Å². The van der Waals surface area contributed by atoms with Crippen LogP contribution in [0.4, 0.5) is 0 Å². The standard InChI is InChI=1S/C17H14O6/c1-22-16-14(20)12(13(19)15(21)17(16)23-2)11(18)9-8-10-6-4-3-5-7-10/h3-9,19H,1-2H3. The summed E-state index contributed by atoms with van der Waals surface area (Å²) in [6.07, 6.45) is 2.58. The van der Waals surface area contributed by atoms with E-state index in [9.17, 15) is 19.5 Å². The maximum atomic E-state index is 12.2. The lowest BCUT2D eigenvalue weighted by atomic mass is 9.94. The van der Waals surface area contributed by atoms with Gasteiger partial charge in [0.2, 0.25) is 17.3 Å². The summed E-state index contributed by atoms with van der Waals surface area (Å²) in [5.41, 5.74) is 0.0930. The van der Waals surface area contributed by atoms with Gasteiger partial charge in [-0.3, -0.25) is 14.4 Å². The van der Waals surface area contributed by atoms with Crippen LogP contribution in [0.5, 0.6) is 0 Å². The van der Waals surface area contributed by atoms with Gasteiger partial charge < -0.3 is 14.6 Å². The Labute approximate surface area is 132 Å². The Kier molecular flexibility index (Phi) is 4.75. The number of ketones is 3. The molecule has 23 heavy (non-hydrogen) atoms. The van der Waals surface area contributed by atoms with E-state index in [0.29, 0.717) is 0 Å². The highest BCUT2D eigenvalue weighted by molar-refractivity contribution is 6.36. The molecule has 0 heterocycles. The quantitative estimate of drug-likeness (QED) is 0.506. The Morgan fingerprint density at radius 1 is 1.00 bits per heavy atom. The third-order valence-electron chi connectivity index (χ3n) is 3.18. The number of hydrogen-bond donors (Lipinski definition) is 1. The summed E-state index contributed by atoms with van der Waals surface area (Å²) >= 11 is 0. The van der Waals surface area contributed by atoms with E-state index < -0.39 is 40.2 Å². The van der Waals surface area contributed by atoms with E-state index in [2.05, 4.69) is 0 Å². The lowest BCUT2D eigenvalue weighted by molar-refractivity contribution is -0.125. The van der Waals surface area contributed by atoms with Crippen LogP contribution in [0.25, 0.3) is 6.08 Å². The Bertz CT molecular complexity index is 753. The van der Waals surface area contributed by atoms with Crippen LogP contribution in [0.3, 0.4) is 0 Å². The van der Waals surface area contributed by atoms with Crippen molar-refractivity contribution in [2.24, 2.45) is 0 Å². The van der Waals surface area contributed by atoms with E-state index >= 15 is 0 Å². The fraction of sp³-hybridized carbons (Fsp3) is 0.118. The second-order valence-corrected chi connectivity index (χ2v) is 4.56. The number of aliphatic hydroxyl groups excluding tert-OH is 1. The molecule has 0 bridgehead atoms. The molecule has 1 aliphatic carbocycles. The molecule has 0 unspecified atom stereocenters. The van der Waals surface area contributed by atoms with Crippen LogP contribution in [0.2, 0.25) is 0 Å². The van der Waals surface area contributed by atoms with E-state index in [-0.39, 0.29) is 0 Å². The van der Waals surface area contributed by atoms with Crippen molar-refractivity contribution in [2.45, 2.75) is 0 Å². The summed E-state index contributed by atoms with van der Waals surface area (Å²) in [4.78, 5) is 36.4. The molecule has 6 nitrogen and oxygen atoms in total. The average molecular weight is 314 g/mol. The Balaban J connectivity index is 2.37. The zero-order chi connectivity index (χ0) is 17.0. The van der Waals surface area contributed by atoms with Crippen molar-refractivity contribution in [1.29, 1.82) is 0 Å². The maximum Gasteiger partial charge on any atom is 0.266 e. The number of hydrogen-bond acceptors (Lipinski definition) is 6. The smallest absolute Gasteiger partial charge is 0.266 e. The van der Waals surface area contributed by atoms with E-state index in [1.165, 1.54) is 13.2 Å². The van der Waals surface area contributed by atoms with Gasteiger partial charge in [0.1, 0.15) is 5.57 Å². The minimum atomic E-state index is -0.972. The molecular formula is C17H14O6. The first-order valence-corrected chi connectivity index (χ1v) is 6.63. The molecule has 0 radical (unpaired) electrons. The van der Waals surface area contributed by atoms with Crippen LogP contribution >= 0.6 is 0 Å². The first-order valence-electron chi connectivity index (χ1n) is 6.63. The molecule has 1 N–H and O–H groups in total. The van der Waals surface area contributed by atoms with Crippen molar-refractivity contribution in [3.63, 3.8) is 0 Å². The summed E-state index contributed by atoms with van der Waals surface area (Å²) in [5, 5.41) is 9.88. The van der Waals surface area contributed by atoms with Gasteiger partial charge in [0, 0.05) is 0 Å².